The van der Waals surface area contributed by atoms with Crippen LogP contribution in [0.5, 0.6) is 5.75 Å². The number of benzene rings is 1. The first-order valence-corrected chi connectivity index (χ1v) is 5.89. The first kappa shape index (κ1) is 11.4. The molecule has 1 saturated heterocycles. The van der Waals surface area contributed by atoms with Gasteiger partial charge in [0, 0.05) is 24.2 Å². The second-order valence-electron chi connectivity index (χ2n) is 4.70. The third-order valence-corrected chi connectivity index (χ3v) is 3.28. The summed E-state index contributed by atoms with van der Waals surface area (Å²) < 4.78 is 0. The molecule has 2 atom stereocenters. The van der Waals surface area contributed by atoms with Crippen LogP contribution in [0.2, 0.25) is 0 Å². The standard InChI is InChI=1S/C13H20N2O/c1-10(12-5-3-4-6-13(12)16)14-11-7-8-15(2)9-11/h3-6,10-11,14,16H,7-9H2,1-2H3. The molecule has 2 N–H and O–H groups in total. The Bertz CT molecular complexity index is 354. The van der Waals surface area contributed by atoms with Crippen LogP contribution in [0.15, 0.2) is 24.3 Å². The van der Waals surface area contributed by atoms with Crippen molar-refractivity contribution < 1.29 is 5.11 Å². The fourth-order valence-electron chi connectivity index (χ4n) is 2.37. The molecule has 16 heavy (non-hydrogen) atoms. The summed E-state index contributed by atoms with van der Waals surface area (Å²) in [6, 6.07) is 8.29. The van der Waals surface area contributed by atoms with Crippen LogP contribution in [-0.4, -0.2) is 36.2 Å². The Labute approximate surface area is 97.1 Å². The summed E-state index contributed by atoms with van der Waals surface area (Å²) in [5.74, 6) is 0.383. The summed E-state index contributed by atoms with van der Waals surface area (Å²) in [7, 11) is 2.15. The quantitative estimate of drug-likeness (QED) is 0.814. The molecule has 2 unspecified atom stereocenters. The average molecular weight is 220 g/mol. The van der Waals surface area contributed by atoms with E-state index >= 15 is 0 Å². The number of hydrogen-bond acceptors (Lipinski definition) is 3. The number of para-hydroxylation sites is 1. The molecular formula is C13H20N2O. The zero-order valence-corrected chi connectivity index (χ0v) is 9.98. The van der Waals surface area contributed by atoms with Gasteiger partial charge in [-0.1, -0.05) is 18.2 Å². The van der Waals surface area contributed by atoms with E-state index in [0.29, 0.717) is 11.8 Å². The van der Waals surface area contributed by atoms with Gasteiger partial charge in [-0.05, 0) is 33.0 Å². The molecule has 0 amide bonds. The molecule has 1 fully saturated rings. The zero-order chi connectivity index (χ0) is 11.5. The molecule has 0 radical (unpaired) electrons. The number of nitrogens with one attached hydrogen (secondary N) is 1. The van der Waals surface area contributed by atoms with Gasteiger partial charge in [-0.2, -0.15) is 0 Å². The lowest BCUT2D eigenvalue weighted by Crippen LogP contribution is -2.33. The van der Waals surface area contributed by atoms with Gasteiger partial charge < -0.3 is 15.3 Å². The van der Waals surface area contributed by atoms with Gasteiger partial charge in [0.05, 0.1) is 0 Å². The number of hydrogen-bond donors (Lipinski definition) is 2. The molecule has 88 valence electrons. The van der Waals surface area contributed by atoms with Crippen LogP contribution in [0.25, 0.3) is 0 Å². The maximum absolute atomic E-state index is 9.76. The van der Waals surface area contributed by atoms with Crippen LogP contribution in [-0.2, 0) is 0 Å². The van der Waals surface area contributed by atoms with E-state index in [0.717, 1.165) is 18.7 Å². The Hall–Kier alpha value is -1.06. The number of likely N-dealkylation sites (tertiary alicyclic amines) is 1. The van der Waals surface area contributed by atoms with Gasteiger partial charge in [0.2, 0.25) is 0 Å². The third-order valence-electron chi connectivity index (χ3n) is 3.28. The maximum Gasteiger partial charge on any atom is 0.120 e. The van der Waals surface area contributed by atoms with Crippen LogP contribution in [0.4, 0.5) is 0 Å². The Morgan fingerprint density at radius 3 is 2.81 bits per heavy atom. The highest BCUT2D eigenvalue weighted by molar-refractivity contribution is 5.34. The van der Waals surface area contributed by atoms with Gasteiger partial charge in [0.25, 0.3) is 0 Å². The van der Waals surface area contributed by atoms with Crippen molar-refractivity contribution in [3.05, 3.63) is 29.8 Å². The van der Waals surface area contributed by atoms with E-state index in [1.54, 1.807) is 6.07 Å². The van der Waals surface area contributed by atoms with Crippen molar-refractivity contribution in [2.45, 2.75) is 25.4 Å². The summed E-state index contributed by atoms with van der Waals surface area (Å²) in [4.78, 5) is 2.33. The van der Waals surface area contributed by atoms with Crippen LogP contribution >= 0.6 is 0 Å². The van der Waals surface area contributed by atoms with Crippen molar-refractivity contribution in [2.24, 2.45) is 0 Å². The first-order chi connectivity index (χ1) is 7.66. The van der Waals surface area contributed by atoms with E-state index in [-0.39, 0.29) is 6.04 Å². The second kappa shape index (κ2) is 4.85. The number of phenolic OH excluding ortho intramolecular Hbond substituents is 1. The molecular weight excluding hydrogens is 200 g/mol. The highest BCUT2D eigenvalue weighted by atomic mass is 16.3. The Kier molecular flexibility index (Phi) is 3.46. The molecule has 1 aromatic rings. The van der Waals surface area contributed by atoms with Gasteiger partial charge in [0.1, 0.15) is 5.75 Å². The average Bonchev–Trinajstić information content (AvgIpc) is 2.64. The van der Waals surface area contributed by atoms with Crippen molar-refractivity contribution in [3.8, 4) is 5.75 Å². The fourth-order valence-corrected chi connectivity index (χ4v) is 2.37. The van der Waals surface area contributed by atoms with Crippen molar-refractivity contribution in [1.29, 1.82) is 0 Å². The van der Waals surface area contributed by atoms with E-state index < -0.39 is 0 Å². The molecule has 1 aliphatic heterocycles. The minimum atomic E-state index is 0.206. The molecule has 3 heteroatoms. The maximum atomic E-state index is 9.76. The van der Waals surface area contributed by atoms with Crippen molar-refractivity contribution in [3.63, 3.8) is 0 Å². The molecule has 0 saturated carbocycles. The number of aromatic hydroxyl groups is 1. The topological polar surface area (TPSA) is 35.5 Å². The smallest absolute Gasteiger partial charge is 0.120 e. The molecule has 1 heterocycles. The summed E-state index contributed by atoms with van der Waals surface area (Å²) in [6.07, 6.45) is 1.19. The number of nitrogens with zero attached hydrogens (tertiary/aromatic N) is 1. The third kappa shape index (κ3) is 2.54. The summed E-state index contributed by atoms with van der Waals surface area (Å²) in [6.45, 7) is 4.36. The van der Waals surface area contributed by atoms with E-state index in [1.165, 1.54) is 6.42 Å². The van der Waals surface area contributed by atoms with Crippen molar-refractivity contribution in [1.82, 2.24) is 10.2 Å². The SMILES string of the molecule is CC(NC1CCN(C)C1)c1ccccc1O. The molecule has 3 nitrogen and oxygen atoms in total. The molecule has 0 aromatic heterocycles. The summed E-state index contributed by atoms with van der Waals surface area (Å²) in [5.41, 5.74) is 0.983. The van der Waals surface area contributed by atoms with E-state index in [2.05, 4.69) is 24.2 Å². The molecule has 0 spiro atoms. The van der Waals surface area contributed by atoms with Gasteiger partial charge >= 0.3 is 0 Å². The predicted molar refractivity (Wildman–Crippen MR) is 65.6 cm³/mol. The number of phenols is 1. The predicted octanol–water partition coefficient (Wildman–Crippen LogP) is 1.75. The largest absolute Gasteiger partial charge is 0.508 e. The Balaban J connectivity index is 1.98. The summed E-state index contributed by atoms with van der Waals surface area (Å²) >= 11 is 0. The molecule has 2 rings (SSSR count). The van der Waals surface area contributed by atoms with Gasteiger partial charge in [-0.15, -0.1) is 0 Å². The van der Waals surface area contributed by atoms with E-state index in [9.17, 15) is 5.11 Å². The van der Waals surface area contributed by atoms with Crippen LogP contribution in [0, 0.1) is 0 Å². The molecule has 0 bridgehead atoms. The van der Waals surface area contributed by atoms with Crippen LogP contribution in [0.1, 0.15) is 24.9 Å². The molecule has 0 aliphatic carbocycles. The van der Waals surface area contributed by atoms with E-state index in [4.69, 9.17) is 0 Å². The monoisotopic (exact) mass is 220 g/mol. The van der Waals surface area contributed by atoms with Crippen LogP contribution in [0.3, 0.4) is 0 Å². The normalized spacial score (nSPS) is 23.5. The van der Waals surface area contributed by atoms with Crippen molar-refractivity contribution >= 4 is 0 Å². The van der Waals surface area contributed by atoms with Gasteiger partial charge in [-0.3, -0.25) is 0 Å². The van der Waals surface area contributed by atoms with Crippen LogP contribution < -0.4 is 5.32 Å². The van der Waals surface area contributed by atoms with Gasteiger partial charge in [-0.25, -0.2) is 0 Å². The molecule has 1 aromatic carbocycles. The lowest BCUT2D eigenvalue weighted by molar-refractivity contribution is 0.383. The number of rotatable bonds is 3. The first-order valence-electron chi connectivity index (χ1n) is 5.89. The Morgan fingerprint density at radius 1 is 1.44 bits per heavy atom. The minimum Gasteiger partial charge on any atom is -0.508 e. The summed E-state index contributed by atoms with van der Waals surface area (Å²) in [5, 5.41) is 13.3. The molecule has 1 aliphatic rings. The lowest BCUT2D eigenvalue weighted by atomic mass is 10.1. The Morgan fingerprint density at radius 2 is 2.19 bits per heavy atom. The highest BCUT2D eigenvalue weighted by Crippen LogP contribution is 2.24. The number of likely N-dealkylation sites (N-methyl/N-ethyl adjacent to an activating group) is 1. The second-order valence-corrected chi connectivity index (χ2v) is 4.70. The highest BCUT2D eigenvalue weighted by Gasteiger charge is 2.21. The lowest BCUT2D eigenvalue weighted by Gasteiger charge is -2.20. The van der Waals surface area contributed by atoms with E-state index in [1.807, 2.05) is 18.2 Å². The minimum absolute atomic E-state index is 0.206. The van der Waals surface area contributed by atoms with Gasteiger partial charge in [0.15, 0.2) is 0 Å². The van der Waals surface area contributed by atoms with Crippen molar-refractivity contribution in [2.75, 3.05) is 20.1 Å². The fraction of sp³-hybridized carbons (Fsp3) is 0.538. The zero-order valence-electron chi connectivity index (χ0n) is 9.98.